The van der Waals surface area contributed by atoms with Crippen LogP contribution in [0.1, 0.15) is 26.3 Å². The van der Waals surface area contributed by atoms with Gasteiger partial charge in [-0.05, 0) is 17.7 Å². The number of morpholine rings is 1. The number of nitrogens with zero attached hydrogens (tertiary/aromatic N) is 3. The maximum Gasteiger partial charge on any atom is 0.255 e. The number of carbonyl (C=O) groups is 2. The van der Waals surface area contributed by atoms with Crippen LogP contribution in [0.15, 0.2) is 43.0 Å². The summed E-state index contributed by atoms with van der Waals surface area (Å²) in [4.78, 5) is 34.4. The van der Waals surface area contributed by atoms with Gasteiger partial charge in [-0.2, -0.15) is 0 Å². The van der Waals surface area contributed by atoms with E-state index in [-0.39, 0.29) is 11.8 Å². The number of nitrogens with one attached hydrogen (secondary N) is 1. The summed E-state index contributed by atoms with van der Waals surface area (Å²) in [6.07, 6.45) is 6.30. The van der Waals surface area contributed by atoms with E-state index >= 15 is 0 Å². The fourth-order valence-electron chi connectivity index (χ4n) is 2.42. The Labute approximate surface area is 139 Å². The molecule has 1 fully saturated rings. The van der Waals surface area contributed by atoms with Gasteiger partial charge >= 0.3 is 0 Å². The minimum atomic E-state index is -0.275. The summed E-state index contributed by atoms with van der Waals surface area (Å²) in [5, 5.41) is 2.80. The number of carbonyl (C=O) groups excluding carboxylic acids is 2. The molecule has 24 heavy (non-hydrogen) atoms. The lowest BCUT2D eigenvalue weighted by atomic mass is 10.1. The fourth-order valence-corrected chi connectivity index (χ4v) is 2.42. The number of ether oxygens (including phenoxy) is 1. The average Bonchev–Trinajstić information content (AvgIpc) is 2.67. The molecule has 7 nitrogen and oxygen atoms in total. The topological polar surface area (TPSA) is 84.4 Å². The van der Waals surface area contributed by atoms with Crippen molar-refractivity contribution in [2.45, 2.75) is 6.54 Å². The molecule has 7 heteroatoms. The second kappa shape index (κ2) is 7.65. The van der Waals surface area contributed by atoms with E-state index in [2.05, 4.69) is 15.3 Å². The van der Waals surface area contributed by atoms with E-state index in [1.165, 1.54) is 12.4 Å². The van der Waals surface area contributed by atoms with E-state index in [0.717, 1.165) is 5.56 Å². The van der Waals surface area contributed by atoms with Crippen LogP contribution in [-0.2, 0) is 11.3 Å². The molecule has 2 aromatic heterocycles. The summed E-state index contributed by atoms with van der Waals surface area (Å²) in [5.41, 5.74) is 1.67. The summed E-state index contributed by atoms with van der Waals surface area (Å²) < 4.78 is 5.24. The van der Waals surface area contributed by atoms with Crippen LogP contribution in [0.5, 0.6) is 0 Å². The van der Waals surface area contributed by atoms with Crippen molar-refractivity contribution >= 4 is 11.8 Å². The van der Waals surface area contributed by atoms with Crippen molar-refractivity contribution in [2.24, 2.45) is 0 Å². The van der Waals surface area contributed by atoms with E-state index in [1.54, 1.807) is 23.4 Å². The van der Waals surface area contributed by atoms with Crippen molar-refractivity contribution in [3.63, 3.8) is 0 Å². The summed E-state index contributed by atoms with van der Waals surface area (Å²) in [6, 6.07) is 5.26. The summed E-state index contributed by atoms with van der Waals surface area (Å²) in [5.74, 6) is -0.407. The van der Waals surface area contributed by atoms with Gasteiger partial charge in [0.2, 0.25) is 0 Å². The smallest absolute Gasteiger partial charge is 0.255 e. The highest BCUT2D eigenvalue weighted by Gasteiger charge is 2.19. The number of hydrogen-bond donors (Lipinski definition) is 1. The van der Waals surface area contributed by atoms with Gasteiger partial charge in [0.25, 0.3) is 11.8 Å². The van der Waals surface area contributed by atoms with Gasteiger partial charge in [-0.25, -0.2) is 0 Å². The van der Waals surface area contributed by atoms with Crippen LogP contribution >= 0.6 is 0 Å². The van der Waals surface area contributed by atoms with Crippen LogP contribution in [0.2, 0.25) is 0 Å². The molecule has 0 spiro atoms. The zero-order chi connectivity index (χ0) is 16.8. The second-order valence-corrected chi connectivity index (χ2v) is 5.41. The van der Waals surface area contributed by atoms with Gasteiger partial charge in [0.05, 0.1) is 24.3 Å². The molecule has 0 bridgehead atoms. The Morgan fingerprint density at radius 1 is 1.12 bits per heavy atom. The molecule has 0 saturated carbocycles. The zero-order valence-electron chi connectivity index (χ0n) is 13.1. The van der Waals surface area contributed by atoms with Crippen LogP contribution in [-0.4, -0.2) is 53.0 Å². The van der Waals surface area contributed by atoms with Crippen LogP contribution in [0.4, 0.5) is 0 Å². The number of rotatable bonds is 4. The number of hydrogen-bond acceptors (Lipinski definition) is 5. The maximum absolute atomic E-state index is 12.4. The highest BCUT2D eigenvalue weighted by molar-refractivity contribution is 5.99. The Morgan fingerprint density at radius 2 is 1.92 bits per heavy atom. The molecule has 1 aliphatic heterocycles. The Bertz CT molecular complexity index is 715. The normalized spacial score (nSPS) is 14.2. The van der Waals surface area contributed by atoms with Crippen molar-refractivity contribution in [1.82, 2.24) is 20.2 Å². The lowest BCUT2D eigenvalue weighted by Crippen LogP contribution is -2.40. The van der Waals surface area contributed by atoms with Gasteiger partial charge in [-0.1, -0.05) is 6.07 Å². The third kappa shape index (κ3) is 3.94. The highest BCUT2D eigenvalue weighted by atomic mass is 16.5. The van der Waals surface area contributed by atoms with E-state index in [1.807, 2.05) is 12.1 Å². The molecule has 0 aromatic carbocycles. The number of amides is 2. The van der Waals surface area contributed by atoms with Gasteiger partial charge in [0.15, 0.2) is 0 Å². The van der Waals surface area contributed by atoms with E-state index in [0.29, 0.717) is 44.0 Å². The molecule has 0 atom stereocenters. The fraction of sp³-hybridized carbons (Fsp3) is 0.294. The van der Waals surface area contributed by atoms with Crippen molar-refractivity contribution in [3.8, 4) is 0 Å². The van der Waals surface area contributed by atoms with E-state index in [9.17, 15) is 9.59 Å². The highest BCUT2D eigenvalue weighted by Crippen LogP contribution is 2.09. The molecule has 1 aliphatic rings. The average molecular weight is 326 g/mol. The summed E-state index contributed by atoms with van der Waals surface area (Å²) in [6.45, 7) is 2.54. The Morgan fingerprint density at radius 3 is 2.67 bits per heavy atom. The molecular weight excluding hydrogens is 308 g/mol. The lowest BCUT2D eigenvalue weighted by Gasteiger charge is -2.26. The molecule has 0 aliphatic carbocycles. The predicted octanol–water partition coefficient (Wildman–Crippen LogP) is 0.879. The van der Waals surface area contributed by atoms with Crippen LogP contribution in [0, 0.1) is 0 Å². The minimum absolute atomic E-state index is 0.132. The molecule has 0 radical (unpaired) electrons. The van der Waals surface area contributed by atoms with Crippen LogP contribution in [0.3, 0.4) is 0 Å². The van der Waals surface area contributed by atoms with Gasteiger partial charge in [0.1, 0.15) is 0 Å². The first-order chi connectivity index (χ1) is 11.7. The standard InChI is InChI=1S/C17H18N4O3/c22-16(20-10-13-2-1-3-18-9-13)14-8-15(12-19-11-14)17(23)21-4-6-24-7-5-21/h1-3,8-9,11-12H,4-7,10H2,(H,20,22). The Hall–Kier alpha value is -2.80. The monoisotopic (exact) mass is 326 g/mol. The second-order valence-electron chi connectivity index (χ2n) is 5.41. The molecule has 3 heterocycles. The van der Waals surface area contributed by atoms with Gasteiger partial charge in [0, 0.05) is 44.4 Å². The van der Waals surface area contributed by atoms with Crippen molar-refractivity contribution in [1.29, 1.82) is 0 Å². The lowest BCUT2D eigenvalue weighted by molar-refractivity contribution is 0.0302. The van der Waals surface area contributed by atoms with Crippen molar-refractivity contribution in [3.05, 3.63) is 59.7 Å². The molecule has 0 unspecified atom stereocenters. The zero-order valence-corrected chi connectivity index (χ0v) is 13.1. The SMILES string of the molecule is O=C(NCc1cccnc1)c1cncc(C(=O)N2CCOCC2)c1. The third-order valence-corrected chi connectivity index (χ3v) is 3.72. The van der Waals surface area contributed by atoms with Gasteiger partial charge in [-0.15, -0.1) is 0 Å². The minimum Gasteiger partial charge on any atom is -0.378 e. The maximum atomic E-state index is 12.4. The van der Waals surface area contributed by atoms with Gasteiger partial charge < -0.3 is 15.0 Å². The van der Waals surface area contributed by atoms with E-state index < -0.39 is 0 Å². The molecule has 1 N–H and O–H groups in total. The summed E-state index contributed by atoms with van der Waals surface area (Å²) >= 11 is 0. The number of pyridine rings is 2. The van der Waals surface area contributed by atoms with Crippen LogP contribution < -0.4 is 5.32 Å². The van der Waals surface area contributed by atoms with E-state index in [4.69, 9.17) is 4.74 Å². The third-order valence-electron chi connectivity index (χ3n) is 3.72. The molecular formula is C17H18N4O3. The number of aromatic nitrogens is 2. The first-order valence-electron chi connectivity index (χ1n) is 7.73. The van der Waals surface area contributed by atoms with Crippen molar-refractivity contribution < 1.29 is 14.3 Å². The Balaban J connectivity index is 1.65. The summed E-state index contributed by atoms with van der Waals surface area (Å²) in [7, 11) is 0. The Kier molecular flexibility index (Phi) is 5.12. The molecule has 124 valence electrons. The molecule has 3 rings (SSSR count). The molecule has 2 amide bonds. The van der Waals surface area contributed by atoms with Crippen LogP contribution in [0.25, 0.3) is 0 Å². The first-order valence-corrected chi connectivity index (χ1v) is 7.73. The molecule has 1 saturated heterocycles. The first kappa shape index (κ1) is 16.1. The van der Waals surface area contributed by atoms with Gasteiger partial charge in [-0.3, -0.25) is 19.6 Å². The quantitative estimate of drug-likeness (QED) is 0.901. The molecule has 2 aromatic rings. The predicted molar refractivity (Wildman–Crippen MR) is 86.4 cm³/mol. The van der Waals surface area contributed by atoms with Crippen molar-refractivity contribution in [2.75, 3.05) is 26.3 Å². The largest absolute Gasteiger partial charge is 0.378 e.